The second kappa shape index (κ2) is 6.55. The number of likely N-dealkylation sites (N-methyl/N-ethyl adjacent to an activating group) is 1. The van der Waals surface area contributed by atoms with Crippen LogP contribution in [0.15, 0.2) is 29.5 Å². The molecule has 1 aliphatic heterocycles. The van der Waals surface area contributed by atoms with Gasteiger partial charge in [-0.05, 0) is 19.2 Å². The lowest BCUT2D eigenvalue weighted by atomic mass is 9.92. The van der Waals surface area contributed by atoms with Crippen molar-refractivity contribution in [2.45, 2.75) is 38.8 Å². The predicted molar refractivity (Wildman–Crippen MR) is 97.7 cm³/mol. The summed E-state index contributed by atoms with van der Waals surface area (Å²) in [5.74, 6) is 0.912. The maximum atomic E-state index is 12.1. The van der Waals surface area contributed by atoms with Gasteiger partial charge in [0.2, 0.25) is 0 Å². The van der Waals surface area contributed by atoms with Crippen molar-refractivity contribution >= 4 is 5.82 Å². The van der Waals surface area contributed by atoms with Crippen molar-refractivity contribution in [3.63, 3.8) is 0 Å². The van der Waals surface area contributed by atoms with E-state index < -0.39 is 0 Å². The lowest BCUT2D eigenvalue weighted by molar-refractivity contribution is 0.195. The van der Waals surface area contributed by atoms with Crippen LogP contribution in [0.2, 0.25) is 0 Å². The van der Waals surface area contributed by atoms with Gasteiger partial charge >= 0.3 is 0 Å². The Labute approximate surface area is 148 Å². The van der Waals surface area contributed by atoms with Crippen LogP contribution >= 0.6 is 0 Å². The quantitative estimate of drug-likeness (QED) is 0.831. The van der Waals surface area contributed by atoms with Crippen LogP contribution in [-0.4, -0.2) is 50.8 Å². The maximum Gasteiger partial charge on any atom is 0.257 e. The van der Waals surface area contributed by atoms with Crippen LogP contribution in [0.5, 0.6) is 0 Å². The van der Waals surface area contributed by atoms with Gasteiger partial charge < -0.3 is 9.47 Å². The lowest BCUT2D eigenvalue weighted by Crippen LogP contribution is -2.58. The van der Waals surface area contributed by atoms with Crippen molar-refractivity contribution in [2.24, 2.45) is 7.05 Å². The summed E-state index contributed by atoms with van der Waals surface area (Å²) in [7, 11) is 3.77. The van der Waals surface area contributed by atoms with E-state index in [0.717, 1.165) is 30.2 Å². The molecule has 3 rings (SSSR count). The minimum atomic E-state index is 0.0130. The summed E-state index contributed by atoms with van der Waals surface area (Å²) in [5, 5.41) is 8.72. The van der Waals surface area contributed by atoms with E-state index in [9.17, 15) is 4.79 Å². The van der Waals surface area contributed by atoms with Crippen LogP contribution < -0.4 is 10.5 Å². The van der Waals surface area contributed by atoms with Crippen molar-refractivity contribution in [1.82, 2.24) is 24.6 Å². The summed E-state index contributed by atoms with van der Waals surface area (Å²) in [6.45, 7) is 8.78. The standard InChI is InChI=1S/C18H26N6O/c1-18(2,3)15-6-7-16(21-20-15)24-10-14(11-24)22(4)9-13-8-19-12-23(5)17(13)25/h6-8,12,14H,9-11H2,1-5H3. The van der Waals surface area contributed by atoms with Crippen molar-refractivity contribution in [3.05, 3.63) is 46.3 Å². The molecule has 1 aliphatic rings. The molecule has 7 heteroatoms. The van der Waals surface area contributed by atoms with Gasteiger partial charge in [0, 0.05) is 49.9 Å². The molecule has 0 bridgehead atoms. The number of hydrogen-bond donors (Lipinski definition) is 0. The fourth-order valence-corrected chi connectivity index (χ4v) is 2.88. The van der Waals surface area contributed by atoms with Gasteiger partial charge in [0.25, 0.3) is 5.56 Å². The highest BCUT2D eigenvalue weighted by Gasteiger charge is 2.31. The predicted octanol–water partition coefficient (Wildman–Crippen LogP) is 1.19. The Morgan fingerprint density at radius 2 is 1.96 bits per heavy atom. The third-order valence-corrected chi connectivity index (χ3v) is 4.71. The highest BCUT2D eigenvalue weighted by Crippen LogP contribution is 2.24. The van der Waals surface area contributed by atoms with Gasteiger partial charge in [-0.15, -0.1) is 5.10 Å². The van der Waals surface area contributed by atoms with E-state index in [1.165, 1.54) is 10.9 Å². The normalized spacial score (nSPS) is 15.5. The Balaban J connectivity index is 1.58. The Hall–Kier alpha value is -2.28. The third kappa shape index (κ3) is 3.71. The van der Waals surface area contributed by atoms with Crippen molar-refractivity contribution in [3.8, 4) is 0 Å². The van der Waals surface area contributed by atoms with E-state index in [1.54, 1.807) is 13.2 Å². The Kier molecular flexibility index (Phi) is 4.60. The molecule has 3 heterocycles. The minimum Gasteiger partial charge on any atom is -0.352 e. The summed E-state index contributed by atoms with van der Waals surface area (Å²) >= 11 is 0. The van der Waals surface area contributed by atoms with Crippen LogP contribution in [-0.2, 0) is 19.0 Å². The summed E-state index contributed by atoms with van der Waals surface area (Å²) in [5.41, 5.74) is 1.75. The van der Waals surface area contributed by atoms with E-state index in [2.05, 4.69) is 51.8 Å². The molecule has 1 saturated heterocycles. The van der Waals surface area contributed by atoms with Crippen LogP contribution in [0.1, 0.15) is 32.0 Å². The molecule has 0 spiro atoms. The van der Waals surface area contributed by atoms with Crippen molar-refractivity contribution in [2.75, 3.05) is 25.0 Å². The smallest absolute Gasteiger partial charge is 0.257 e. The SMILES string of the molecule is CN(Cc1cncn(C)c1=O)C1CN(c2ccc(C(C)(C)C)nn2)C1. The van der Waals surface area contributed by atoms with Gasteiger partial charge in [-0.2, -0.15) is 5.10 Å². The first-order chi connectivity index (χ1) is 11.8. The molecule has 7 nitrogen and oxygen atoms in total. The second-order valence-electron chi connectivity index (χ2n) is 7.84. The zero-order valence-corrected chi connectivity index (χ0v) is 15.6. The van der Waals surface area contributed by atoms with Gasteiger partial charge in [-0.25, -0.2) is 4.98 Å². The van der Waals surface area contributed by atoms with Crippen molar-refractivity contribution in [1.29, 1.82) is 0 Å². The molecule has 0 saturated carbocycles. The van der Waals surface area contributed by atoms with E-state index in [1.807, 2.05) is 13.1 Å². The van der Waals surface area contributed by atoms with Gasteiger partial charge in [0.15, 0.2) is 5.82 Å². The summed E-state index contributed by atoms with van der Waals surface area (Å²) in [6, 6.07) is 4.49. The number of aromatic nitrogens is 4. The largest absolute Gasteiger partial charge is 0.352 e. The average Bonchev–Trinajstić information content (AvgIpc) is 2.50. The molecule has 0 aliphatic carbocycles. The first-order valence-electron chi connectivity index (χ1n) is 8.54. The van der Waals surface area contributed by atoms with E-state index >= 15 is 0 Å². The van der Waals surface area contributed by atoms with Gasteiger partial charge in [0.05, 0.1) is 12.0 Å². The average molecular weight is 342 g/mol. The van der Waals surface area contributed by atoms with Crippen LogP contribution in [0.4, 0.5) is 5.82 Å². The molecular formula is C18H26N6O. The van der Waals surface area contributed by atoms with Crippen LogP contribution in [0.25, 0.3) is 0 Å². The first kappa shape index (κ1) is 17.5. The molecular weight excluding hydrogens is 316 g/mol. The Morgan fingerprint density at radius 1 is 1.24 bits per heavy atom. The maximum absolute atomic E-state index is 12.1. The first-order valence-corrected chi connectivity index (χ1v) is 8.54. The molecule has 2 aromatic heterocycles. The molecule has 0 amide bonds. The molecule has 0 unspecified atom stereocenters. The zero-order chi connectivity index (χ0) is 18.2. The number of rotatable bonds is 4. The van der Waals surface area contributed by atoms with E-state index in [0.29, 0.717) is 12.6 Å². The number of hydrogen-bond acceptors (Lipinski definition) is 6. The topological polar surface area (TPSA) is 67.2 Å². The Morgan fingerprint density at radius 3 is 2.56 bits per heavy atom. The monoisotopic (exact) mass is 342 g/mol. The van der Waals surface area contributed by atoms with E-state index in [-0.39, 0.29) is 11.0 Å². The molecule has 134 valence electrons. The minimum absolute atomic E-state index is 0.0130. The number of aryl methyl sites for hydroxylation is 1. The molecule has 2 aromatic rings. The highest BCUT2D eigenvalue weighted by atomic mass is 16.1. The fraction of sp³-hybridized carbons (Fsp3) is 0.556. The molecule has 0 radical (unpaired) electrons. The van der Waals surface area contributed by atoms with Crippen LogP contribution in [0, 0.1) is 0 Å². The van der Waals surface area contributed by atoms with Gasteiger partial charge in [-0.1, -0.05) is 20.8 Å². The van der Waals surface area contributed by atoms with Crippen LogP contribution in [0.3, 0.4) is 0 Å². The summed E-state index contributed by atoms with van der Waals surface area (Å²) in [4.78, 5) is 20.6. The molecule has 0 aromatic carbocycles. The molecule has 0 N–H and O–H groups in total. The third-order valence-electron chi connectivity index (χ3n) is 4.71. The van der Waals surface area contributed by atoms with Crippen molar-refractivity contribution < 1.29 is 0 Å². The lowest BCUT2D eigenvalue weighted by Gasteiger charge is -2.44. The van der Waals surface area contributed by atoms with E-state index in [4.69, 9.17) is 0 Å². The highest BCUT2D eigenvalue weighted by molar-refractivity contribution is 5.42. The fourth-order valence-electron chi connectivity index (χ4n) is 2.88. The summed E-state index contributed by atoms with van der Waals surface area (Å²) in [6.07, 6.45) is 3.20. The van der Waals surface area contributed by atoms with Gasteiger partial charge in [0.1, 0.15) is 0 Å². The molecule has 25 heavy (non-hydrogen) atoms. The zero-order valence-electron chi connectivity index (χ0n) is 15.6. The number of anilines is 1. The Bertz CT molecular complexity index is 786. The number of nitrogens with zero attached hydrogens (tertiary/aromatic N) is 6. The molecule has 0 atom stereocenters. The van der Waals surface area contributed by atoms with Gasteiger partial charge in [-0.3, -0.25) is 9.69 Å². The molecule has 1 fully saturated rings. The summed E-state index contributed by atoms with van der Waals surface area (Å²) < 4.78 is 1.52. The second-order valence-corrected chi connectivity index (χ2v) is 7.84.